The summed E-state index contributed by atoms with van der Waals surface area (Å²) in [6.45, 7) is 2.05. The number of furan rings is 1. The molecule has 0 saturated carbocycles. The van der Waals surface area contributed by atoms with Crippen molar-refractivity contribution in [1.29, 1.82) is 0 Å². The summed E-state index contributed by atoms with van der Waals surface area (Å²) in [5.41, 5.74) is 2.02. The van der Waals surface area contributed by atoms with Crippen LogP contribution in [0.3, 0.4) is 0 Å². The largest absolute Gasteiger partial charge is 0.460 e. The fourth-order valence-corrected chi connectivity index (χ4v) is 2.44. The predicted molar refractivity (Wildman–Crippen MR) is 92.4 cm³/mol. The number of nitrogens with zero attached hydrogens (tertiary/aromatic N) is 1. The minimum atomic E-state index is -0.494. The van der Waals surface area contributed by atoms with Crippen molar-refractivity contribution in [3.05, 3.63) is 52.1 Å². The van der Waals surface area contributed by atoms with Crippen molar-refractivity contribution in [3.8, 4) is 0 Å². The van der Waals surface area contributed by atoms with E-state index in [0.717, 1.165) is 14.6 Å². The van der Waals surface area contributed by atoms with Gasteiger partial charge in [-0.15, -0.1) is 0 Å². The van der Waals surface area contributed by atoms with Crippen LogP contribution < -0.4 is 5.32 Å². The molecular formula is C16H13IN2O3. The molecule has 0 saturated heterocycles. The van der Waals surface area contributed by atoms with Gasteiger partial charge in [-0.1, -0.05) is 0 Å². The molecule has 0 aliphatic rings. The first kappa shape index (κ1) is 14.8. The molecule has 2 heterocycles. The van der Waals surface area contributed by atoms with Crippen LogP contribution in [0, 0.1) is 3.57 Å². The van der Waals surface area contributed by atoms with Gasteiger partial charge in [0, 0.05) is 21.7 Å². The Morgan fingerprint density at radius 3 is 2.82 bits per heavy atom. The number of hydrogen-bond acceptors (Lipinski definition) is 5. The molecule has 0 bridgehead atoms. The molecule has 0 unspecified atom stereocenters. The second-order valence-electron chi connectivity index (χ2n) is 4.53. The third kappa shape index (κ3) is 2.92. The van der Waals surface area contributed by atoms with E-state index in [0.29, 0.717) is 11.3 Å². The summed E-state index contributed by atoms with van der Waals surface area (Å²) in [7, 11) is 0. The molecule has 0 radical (unpaired) electrons. The Balaban J connectivity index is 2.07. The number of aromatic nitrogens is 1. The molecule has 22 heavy (non-hydrogen) atoms. The average Bonchev–Trinajstić information content (AvgIpc) is 2.89. The molecule has 5 nitrogen and oxygen atoms in total. The third-order valence-corrected chi connectivity index (χ3v) is 3.78. The number of fused-ring (bicyclic) bond motifs is 1. The second kappa shape index (κ2) is 6.35. The summed E-state index contributed by atoms with van der Waals surface area (Å²) in [4.78, 5) is 16.2. The normalized spacial score (nSPS) is 10.6. The lowest BCUT2D eigenvalue weighted by atomic mass is 10.2. The lowest BCUT2D eigenvalue weighted by molar-refractivity contribution is 0.0494. The summed E-state index contributed by atoms with van der Waals surface area (Å²) in [5.74, 6) is -0.338. The zero-order valence-electron chi connectivity index (χ0n) is 11.8. The topological polar surface area (TPSA) is 64.4 Å². The van der Waals surface area contributed by atoms with Crippen LogP contribution in [0.2, 0.25) is 0 Å². The van der Waals surface area contributed by atoms with E-state index in [4.69, 9.17) is 9.15 Å². The Bertz CT molecular complexity index is 812. The minimum Gasteiger partial charge on any atom is -0.460 e. The number of hydrogen-bond donors (Lipinski definition) is 1. The van der Waals surface area contributed by atoms with E-state index in [1.165, 1.54) is 0 Å². The molecule has 3 rings (SSSR count). The Morgan fingerprint density at radius 1 is 1.32 bits per heavy atom. The van der Waals surface area contributed by atoms with Gasteiger partial charge in [0.1, 0.15) is 11.3 Å². The van der Waals surface area contributed by atoms with Gasteiger partial charge in [-0.25, -0.2) is 4.79 Å². The molecule has 1 N–H and O–H groups in total. The lowest BCUT2D eigenvalue weighted by Gasteiger charge is -2.07. The van der Waals surface area contributed by atoms with Gasteiger partial charge in [-0.05, 0) is 59.8 Å². The zero-order chi connectivity index (χ0) is 15.5. The number of rotatable bonds is 4. The molecule has 0 spiro atoms. The molecular weight excluding hydrogens is 395 g/mol. The first-order valence-corrected chi connectivity index (χ1v) is 7.83. The van der Waals surface area contributed by atoms with Gasteiger partial charge in [-0.3, -0.25) is 4.98 Å². The van der Waals surface area contributed by atoms with Crippen LogP contribution in [0.15, 0.2) is 47.1 Å². The summed E-state index contributed by atoms with van der Waals surface area (Å²) in [5, 5.41) is 3.96. The SMILES string of the molecule is CCOC(=O)c1oc2ccncc2c1Nc1ccc(I)cc1. The predicted octanol–water partition coefficient (Wildman–Crippen LogP) is 4.35. The van der Waals surface area contributed by atoms with Crippen LogP contribution in [-0.4, -0.2) is 17.6 Å². The van der Waals surface area contributed by atoms with E-state index >= 15 is 0 Å². The number of esters is 1. The van der Waals surface area contributed by atoms with Gasteiger partial charge in [0.05, 0.1) is 12.0 Å². The maximum Gasteiger partial charge on any atom is 0.376 e. The minimum absolute atomic E-state index is 0.156. The highest BCUT2D eigenvalue weighted by Crippen LogP contribution is 2.33. The fraction of sp³-hybridized carbons (Fsp3) is 0.125. The highest BCUT2D eigenvalue weighted by atomic mass is 127. The Hall–Kier alpha value is -2.09. The van der Waals surface area contributed by atoms with Crippen LogP contribution in [-0.2, 0) is 4.74 Å². The second-order valence-corrected chi connectivity index (χ2v) is 5.78. The molecule has 0 fully saturated rings. The number of nitrogens with one attached hydrogen (secondary N) is 1. The number of carbonyl (C=O) groups is 1. The molecule has 1 aromatic carbocycles. The highest BCUT2D eigenvalue weighted by molar-refractivity contribution is 14.1. The molecule has 0 aliphatic heterocycles. The van der Waals surface area contributed by atoms with E-state index in [1.54, 1.807) is 25.4 Å². The van der Waals surface area contributed by atoms with Crippen molar-refractivity contribution < 1.29 is 13.9 Å². The Labute approximate surface area is 140 Å². The maximum atomic E-state index is 12.1. The number of halogens is 1. The fourth-order valence-electron chi connectivity index (χ4n) is 2.08. The maximum absolute atomic E-state index is 12.1. The number of anilines is 2. The van der Waals surface area contributed by atoms with Gasteiger partial charge in [-0.2, -0.15) is 0 Å². The van der Waals surface area contributed by atoms with E-state index < -0.39 is 5.97 Å². The summed E-state index contributed by atoms with van der Waals surface area (Å²) in [6.07, 6.45) is 3.28. The van der Waals surface area contributed by atoms with E-state index in [2.05, 4.69) is 32.9 Å². The molecule has 2 aromatic heterocycles. The van der Waals surface area contributed by atoms with Gasteiger partial charge >= 0.3 is 5.97 Å². The van der Waals surface area contributed by atoms with Crippen molar-refractivity contribution in [2.24, 2.45) is 0 Å². The quantitative estimate of drug-likeness (QED) is 0.514. The van der Waals surface area contributed by atoms with Gasteiger partial charge in [0.15, 0.2) is 0 Å². The summed E-state index contributed by atoms with van der Waals surface area (Å²) < 4.78 is 11.8. The van der Waals surface area contributed by atoms with Crippen molar-refractivity contribution >= 4 is 50.9 Å². The van der Waals surface area contributed by atoms with Crippen molar-refractivity contribution in [1.82, 2.24) is 4.98 Å². The van der Waals surface area contributed by atoms with Gasteiger partial charge in [0.25, 0.3) is 0 Å². The Kier molecular flexibility index (Phi) is 4.28. The van der Waals surface area contributed by atoms with Crippen molar-refractivity contribution in [2.75, 3.05) is 11.9 Å². The van der Waals surface area contributed by atoms with Gasteiger partial charge in [0.2, 0.25) is 5.76 Å². The smallest absolute Gasteiger partial charge is 0.376 e. The molecule has 6 heteroatoms. The molecule has 112 valence electrons. The third-order valence-electron chi connectivity index (χ3n) is 3.06. The van der Waals surface area contributed by atoms with Crippen LogP contribution in [0.5, 0.6) is 0 Å². The first-order valence-electron chi connectivity index (χ1n) is 6.75. The van der Waals surface area contributed by atoms with Crippen LogP contribution in [0.1, 0.15) is 17.5 Å². The highest BCUT2D eigenvalue weighted by Gasteiger charge is 2.22. The molecule has 0 atom stereocenters. The van der Waals surface area contributed by atoms with Crippen molar-refractivity contribution in [3.63, 3.8) is 0 Å². The summed E-state index contributed by atoms with van der Waals surface area (Å²) in [6, 6.07) is 9.55. The number of ether oxygens (including phenoxy) is 1. The number of carbonyl (C=O) groups excluding carboxylic acids is 1. The number of pyridine rings is 1. The van der Waals surface area contributed by atoms with Crippen molar-refractivity contribution in [2.45, 2.75) is 6.92 Å². The monoisotopic (exact) mass is 408 g/mol. The molecule has 0 amide bonds. The standard InChI is InChI=1S/C16H13IN2O3/c1-2-21-16(20)15-14(12-9-18-8-7-13(12)22-15)19-11-5-3-10(17)4-6-11/h3-9,19H,2H2,1H3. The zero-order valence-corrected chi connectivity index (χ0v) is 14.0. The molecule has 0 aliphatic carbocycles. The molecule has 3 aromatic rings. The Morgan fingerprint density at radius 2 is 2.09 bits per heavy atom. The van der Waals surface area contributed by atoms with E-state index in [9.17, 15) is 4.79 Å². The van der Waals surface area contributed by atoms with Gasteiger partial charge < -0.3 is 14.5 Å². The lowest BCUT2D eigenvalue weighted by Crippen LogP contribution is -2.06. The average molecular weight is 408 g/mol. The van der Waals surface area contributed by atoms with Crippen LogP contribution >= 0.6 is 22.6 Å². The van der Waals surface area contributed by atoms with E-state index in [1.807, 2.05) is 24.3 Å². The number of benzene rings is 1. The van der Waals surface area contributed by atoms with Crippen LogP contribution in [0.25, 0.3) is 11.0 Å². The van der Waals surface area contributed by atoms with E-state index in [-0.39, 0.29) is 12.4 Å². The summed E-state index contributed by atoms with van der Waals surface area (Å²) >= 11 is 2.24. The first-order chi connectivity index (χ1) is 10.7. The van der Waals surface area contributed by atoms with Crippen LogP contribution in [0.4, 0.5) is 11.4 Å².